The molecule has 1 fully saturated rings. The lowest BCUT2D eigenvalue weighted by molar-refractivity contribution is 0.928. The Hall–Kier alpha value is 0.744. The van der Waals surface area contributed by atoms with E-state index in [0.717, 1.165) is 17.3 Å². The van der Waals surface area contributed by atoms with Gasteiger partial charge in [-0.15, -0.1) is 0 Å². The van der Waals surface area contributed by atoms with Crippen LogP contribution in [0.3, 0.4) is 0 Å². The zero-order valence-corrected chi connectivity index (χ0v) is 6.14. The zero-order valence-electron chi connectivity index (χ0n) is 3.32. The summed E-state index contributed by atoms with van der Waals surface area (Å²) in [5, 5.41) is 3.29. The van der Waals surface area contributed by atoms with Crippen LogP contribution in [0.25, 0.3) is 0 Å². The fourth-order valence-corrected chi connectivity index (χ4v) is 4.81. The summed E-state index contributed by atoms with van der Waals surface area (Å²) in [6, 6.07) is 0. The molecule has 1 N–H and O–H groups in total. The van der Waals surface area contributed by atoms with Crippen molar-refractivity contribution in [2.45, 2.75) is 0 Å². The summed E-state index contributed by atoms with van der Waals surface area (Å²) >= 11 is 0. The normalized spacial score (nSPS) is 24.0. The topological polar surface area (TPSA) is 12.0 Å². The molecule has 0 amide bonds. The number of nitrogens with one attached hydrogen (secondary N) is 1. The lowest BCUT2D eigenvalue weighted by Crippen LogP contribution is -2.29. The molecule has 0 spiro atoms. The average Bonchev–Trinajstić information content (AvgIpc) is 1.72. The van der Waals surface area contributed by atoms with Crippen LogP contribution in [0.1, 0.15) is 0 Å². The van der Waals surface area contributed by atoms with Gasteiger partial charge in [-0.2, -0.15) is 0 Å². The zero-order chi connectivity index (χ0) is 4.24. The molecule has 1 heterocycles. The summed E-state index contributed by atoms with van der Waals surface area (Å²) in [4.78, 5) is 0. The van der Waals surface area contributed by atoms with Crippen molar-refractivity contribution < 1.29 is 0 Å². The molecule has 0 atom stereocenters. The third kappa shape index (κ3) is 1.46. The molecule has 1 rings (SSSR count). The summed E-state index contributed by atoms with van der Waals surface area (Å²) < 4.78 is 0. The van der Waals surface area contributed by atoms with Gasteiger partial charge in [0.25, 0.3) is 0 Å². The van der Waals surface area contributed by atoms with Gasteiger partial charge in [-0.05, 0) is 12.3 Å². The molecule has 0 bridgehead atoms. The van der Waals surface area contributed by atoms with Crippen molar-refractivity contribution in [2.75, 3.05) is 12.3 Å². The minimum atomic E-state index is 1.12. The molecule has 32 valence electrons. The molecule has 4 radical (unpaired) electrons. The lowest BCUT2D eigenvalue weighted by Gasteiger charge is -2.06. The van der Waals surface area contributed by atoms with Crippen molar-refractivity contribution in [3.63, 3.8) is 0 Å². The molecule has 0 saturated carbocycles. The molecule has 0 aromatic heterocycles. The highest BCUT2D eigenvalue weighted by Gasteiger charge is 1.97. The summed E-state index contributed by atoms with van der Waals surface area (Å²) in [7, 11) is 4.33. The summed E-state index contributed by atoms with van der Waals surface area (Å²) in [5.74, 6) is 0. The van der Waals surface area contributed by atoms with Crippen LogP contribution in [-0.2, 0) is 0 Å². The van der Waals surface area contributed by atoms with E-state index in [1.54, 1.807) is 0 Å². The average molecular weight is 131 g/mol. The van der Waals surface area contributed by atoms with Crippen molar-refractivity contribution in [3.8, 4) is 0 Å². The molecule has 1 nitrogen and oxygen atoms in total. The second-order valence-electron chi connectivity index (χ2n) is 0.994. The van der Waals surface area contributed by atoms with Crippen LogP contribution in [0.2, 0.25) is 0 Å². The second kappa shape index (κ2) is 2.84. The minimum Gasteiger partial charge on any atom is -0.321 e. The largest absolute Gasteiger partial charge is 0.321 e. The van der Waals surface area contributed by atoms with Gasteiger partial charge in [0.05, 0.1) is 0 Å². The van der Waals surface area contributed by atoms with Gasteiger partial charge in [0, 0.05) is 0 Å². The van der Waals surface area contributed by atoms with E-state index in [0.29, 0.717) is 0 Å². The Bertz CT molecular complexity index is 27.0. The van der Waals surface area contributed by atoms with Crippen LogP contribution in [0, 0.1) is 0 Å². The molecule has 0 aromatic rings. The molecule has 4 heteroatoms. The smallest absolute Gasteiger partial charge is 0.129 e. The van der Waals surface area contributed by atoms with Crippen molar-refractivity contribution in [1.82, 2.24) is 5.32 Å². The van der Waals surface area contributed by atoms with Crippen molar-refractivity contribution in [2.24, 2.45) is 0 Å². The third-order valence-electron chi connectivity index (χ3n) is 0.539. The van der Waals surface area contributed by atoms with E-state index in [-0.39, 0.29) is 0 Å². The molecular formula is C2H5NSSi2. The van der Waals surface area contributed by atoms with Crippen molar-refractivity contribution in [3.05, 3.63) is 0 Å². The maximum absolute atomic E-state index is 3.29. The predicted molar refractivity (Wildman–Crippen MR) is 32.0 cm³/mol. The molecule has 0 aliphatic carbocycles. The molecule has 1 saturated heterocycles. The van der Waals surface area contributed by atoms with Gasteiger partial charge in [-0.1, -0.05) is 0 Å². The second-order valence-corrected chi connectivity index (χ2v) is 6.66. The van der Waals surface area contributed by atoms with Gasteiger partial charge in [-0.3, -0.25) is 0 Å². The van der Waals surface area contributed by atoms with E-state index < -0.39 is 0 Å². The van der Waals surface area contributed by atoms with Crippen LogP contribution in [-0.4, -0.2) is 29.7 Å². The van der Waals surface area contributed by atoms with E-state index in [4.69, 9.17) is 0 Å². The van der Waals surface area contributed by atoms with E-state index in [9.17, 15) is 0 Å². The fraction of sp³-hybridized carbons (Fsp3) is 1.00. The van der Waals surface area contributed by atoms with Gasteiger partial charge in [-0.25, -0.2) is 10.7 Å². The Morgan fingerprint density at radius 1 is 1.33 bits per heavy atom. The quantitative estimate of drug-likeness (QED) is 0.444. The molecular weight excluding hydrogens is 126 g/mol. The van der Waals surface area contributed by atoms with Crippen LogP contribution in [0.4, 0.5) is 0 Å². The van der Waals surface area contributed by atoms with Crippen LogP contribution in [0.15, 0.2) is 0 Å². The SMILES string of the molecule is C1NC[Si]S[Si]1. The molecule has 6 heavy (non-hydrogen) atoms. The lowest BCUT2D eigenvalue weighted by atomic mass is 11.2. The Morgan fingerprint density at radius 2 is 2.00 bits per heavy atom. The first kappa shape index (κ1) is 4.89. The Morgan fingerprint density at radius 3 is 2.17 bits per heavy atom. The first-order chi connectivity index (χ1) is 3.00. The van der Waals surface area contributed by atoms with E-state index in [1.165, 1.54) is 12.3 Å². The monoisotopic (exact) mass is 131 g/mol. The Labute approximate surface area is 46.2 Å². The number of rotatable bonds is 0. The third-order valence-corrected chi connectivity index (χ3v) is 5.95. The van der Waals surface area contributed by atoms with E-state index >= 15 is 0 Å². The summed E-state index contributed by atoms with van der Waals surface area (Å²) in [5.41, 5.74) is 0. The Kier molecular flexibility index (Phi) is 2.32. The minimum absolute atomic E-state index is 1.12. The van der Waals surface area contributed by atoms with Crippen molar-refractivity contribution in [1.29, 1.82) is 0 Å². The molecule has 1 aliphatic heterocycles. The van der Waals surface area contributed by atoms with Gasteiger partial charge < -0.3 is 5.32 Å². The van der Waals surface area contributed by atoms with Gasteiger partial charge in [0.1, 0.15) is 17.3 Å². The number of hydrogen-bond acceptors (Lipinski definition) is 2. The summed E-state index contributed by atoms with van der Waals surface area (Å²) in [6.45, 7) is 0. The van der Waals surface area contributed by atoms with E-state index in [2.05, 4.69) is 16.0 Å². The van der Waals surface area contributed by atoms with Crippen LogP contribution in [0.5, 0.6) is 0 Å². The highest BCUT2D eigenvalue weighted by molar-refractivity contribution is 8.40. The first-order valence-corrected chi connectivity index (χ1v) is 6.50. The van der Waals surface area contributed by atoms with Crippen molar-refractivity contribution >= 4 is 28.0 Å². The van der Waals surface area contributed by atoms with Gasteiger partial charge >= 0.3 is 0 Å². The fourth-order valence-electron chi connectivity index (χ4n) is 0.288. The van der Waals surface area contributed by atoms with Crippen LogP contribution >= 0.6 is 10.7 Å². The standard InChI is InChI=1S/C2H5NSSi2/c1-3-2-6-4-5-1/h3H,1-2H2. The van der Waals surface area contributed by atoms with Crippen LogP contribution < -0.4 is 5.32 Å². The predicted octanol–water partition coefficient (Wildman–Crippen LogP) is -0.524. The first-order valence-electron chi connectivity index (χ1n) is 1.82. The van der Waals surface area contributed by atoms with Gasteiger partial charge in [0.15, 0.2) is 0 Å². The highest BCUT2D eigenvalue weighted by Crippen LogP contribution is 1.92. The van der Waals surface area contributed by atoms with Gasteiger partial charge in [0.2, 0.25) is 0 Å². The Balaban J connectivity index is 2.00. The molecule has 1 aliphatic rings. The number of hydrogen-bond donors (Lipinski definition) is 1. The van der Waals surface area contributed by atoms with E-state index in [1.807, 2.05) is 0 Å². The maximum atomic E-state index is 3.29. The highest BCUT2D eigenvalue weighted by atomic mass is 32.5. The summed E-state index contributed by atoms with van der Waals surface area (Å²) in [6.07, 6.45) is 2.50. The molecule has 0 aromatic carbocycles. The molecule has 0 unspecified atom stereocenters. The maximum Gasteiger partial charge on any atom is 0.129 e.